The largest absolute Gasteiger partial charge is 0.352 e. The zero-order valence-electron chi connectivity index (χ0n) is 15.8. The van der Waals surface area contributed by atoms with Gasteiger partial charge in [0.1, 0.15) is 11.9 Å². The molecule has 0 aliphatic heterocycles. The molecule has 1 N–H and O–H groups in total. The maximum absolute atomic E-state index is 14.1. The van der Waals surface area contributed by atoms with Crippen molar-refractivity contribution in [3.8, 4) is 0 Å². The van der Waals surface area contributed by atoms with Crippen molar-refractivity contribution in [1.29, 1.82) is 0 Å². The Hall–Kier alpha value is -2.34. The third-order valence-electron chi connectivity index (χ3n) is 4.00. The number of benzene rings is 2. The number of amides is 2. The van der Waals surface area contributed by atoms with Gasteiger partial charge < -0.3 is 10.2 Å². The molecule has 4 nitrogen and oxygen atoms in total. The van der Waals surface area contributed by atoms with Crippen LogP contribution in [0.5, 0.6) is 0 Å². The van der Waals surface area contributed by atoms with Gasteiger partial charge in [-0.15, -0.1) is 11.8 Å². The molecule has 0 saturated carbocycles. The molecule has 0 fully saturated rings. The molecular formula is C21H25FN2O2S. The average molecular weight is 389 g/mol. The van der Waals surface area contributed by atoms with E-state index >= 15 is 0 Å². The number of rotatable bonds is 8. The Kier molecular flexibility index (Phi) is 7.85. The lowest BCUT2D eigenvalue weighted by Gasteiger charge is -2.29. The van der Waals surface area contributed by atoms with E-state index in [1.807, 2.05) is 44.2 Å². The van der Waals surface area contributed by atoms with Crippen LogP contribution < -0.4 is 5.32 Å². The zero-order chi connectivity index (χ0) is 19.8. The second-order valence-electron chi connectivity index (χ2n) is 6.55. The first-order valence-electron chi connectivity index (χ1n) is 8.89. The molecule has 2 amide bonds. The number of thioether (sulfide) groups is 1. The normalized spacial score (nSPS) is 11.9. The summed E-state index contributed by atoms with van der Waals surface area (Å²) in [5.41, 5.74) is 0.389. The average Bonchev–Trinajstić information content (AvgIpc) is 2.65. The first kappa shape index (κ1) is 21.0. The van der Waals surface area contributed by atoms with Crippen molar-refractivity contribution in [2.75, 3.05) is 5.75 Å². The molecule has 0 radical (unpaired) electrons. The highest BCUT2D eigenvalue weighted by molar-refractivity contribution is 8.00. The summed E-state index contributed by atoms with van der Waals surface area (Å²) in [4.78, 5) is 27.7. The van der Waals surface area contributed by atoms with Crippen molar-refractivity contribution in [3.63, 3.8) is 0 Å². The third-order valence-corrected chi connectivity index (χ3v) is 5.00. The molecule has 6 heteroatoms. The van der Waals surface area contributed by atoms with Crippen molar-refractivity contribution in [3.05, 3.63) is 66.0 Å². The molecule has 0 saturated heterocycles. The van der Waals surface area contributed by atoms with Crippen LogP contribution in [0.4, 0.5) is 4.39 Å². The first-order valence-corrected chi connectivity index (χ1v) is 9.88. The van der Waals surface area contributed by atoms with Crippen molar-refractivity contribution < 1.29 is 14.0 Å². The van der Waals surface area contributed by atoms with E-state index in [4.69, 9.17) is 0 Å². The highest BCUT2D eigenvalue weighted by atomic mass is 32.2. The van der Waals surface area contributed by atoms with Crippen molar-refractivity contribution in [1.82, 2.24) is 10.2 Å². The van der Waals surface area contributed by atoms with E-state index in [2.05, 4.69) is 5.32 Å². The van der Waals surface area contributed by atoms with Crippen LogP contribution in [0.25, 0.3) is 0 Å². The molecule has 1 atom stereocenters. The van der Waals surface area contributed by atoms with Gasteiger partial charge >= 0.3 is 0 Å². The monoisotopic (exact) mass is 388 g/mol. The quantitative estimate of drug-likeness (QED) is 0.699. The van der Waals surface area contributed by atoms with Gasteiger partial charge in [0.05, 0.1) is 5.75 Å². The Balaban J connectivity index is 2.15. The SMILES string of the molecule is CC(C)NC(=O)C(C)N(Cc1ccccc1F)C(=O)CSc1ccccc1. The Morgan fingerprint density at radius 1 is 1.04 bits per heavy atom. The zero-order valence-corrected chi connectivity index (χ0v) is 16.6. The van der Waals surface area contributed by atoms with Gasteiger partial charge in [0, 0.05) is 23.0 Å². The summed E-state index contributed by atoms with van der Waals surface area (Å²) < 4.78 is 14.1. The third kappa shape index (κ3) is 6.40. The van der Waals surface area contributed by atoms with Gasteiger partial charge in [-0.05, 0) is 39.0 Å². The number of carbonyl (C=O) groups is 2. The van der Waals surface area contributed by atoms with Crippen LogP contribution in [-0.4, -0.2) is 34.6 Å². The standard InChI is InChI=1S/C21H25FN2O2S/c1-15(2)23-21(26)16(3)24(13-17-9-7-8-12-19(17)22)20(25)14-27-18-10-5-4-6-11-18/h4-12,15-16H,13-14H2,1-3H3,(H,23,26). The van der Waals surface area contributed by atoms with Crippen LogP contribution in [0.3, 0.4) is 0 Å². The predicted octanol–water partition coefficient (Wildman–Crippen LogP) is 3.86. The molecule has 0 spiro atoms. The van der Waals surface area contributed by atoms with Crippen LogP contribution in [0.15, 0.2) is 59.5 Å². The van der Waals surface area contributed by atoms with Crippen LogP contribution in [0.1, 0.15) is 26.3 Å². The van der Waals surface area contributed by atoms with Crippen LogP contribution >= 0.6 is 11.8 Å². The lowest BCUT2D eigenvalue weighted by atomic mass is 10.1. The summed E-state index contributed by atoms with van der Waals surface area (Å²) in [6.45, 7) is 5.44. The fraction of sp³-hybridized carbons (Fsp3) is 0.333. The van der Waals surface area contributed by atoms with E-state index in [-0.39, 0.29) is 36.0 Å². The van der Waals surface area contributed by atoms with E-state index < -0.39 is 6.04 Å². The van der Waals surface area contributed by atoms with Gasteiger partial charge in [0.25, 0.3) is 0 Å². The highest BCUT2D eigenvalue weighted by Crippen LogP contribution is 2.20. The number of nitrogens with zero attached hydrogens (tertiary/aromatic N) is 1. The molecule has 2 aromatic rings. The summed E-state index contributed by atoms with van der Waals surface area (Å²) in [6.07, 6.45) is 0. The molecule has 27 heavy (non-hydrogen) atoms. The van der Waals surface area contributed by atoms with Crippen LogP contribution in [0, 0.1) is 5.82 Å². The minimum Gasteiger partial charge on any atom is -0.352 e. The lowest BCUT2D eigenvalue weighted by molar-refractivity contribution is -0.138. The molecular weight excluding hydrogens is 363 g/mol. The van der Waals surface area contributed by atoms with Gasteiger partial charge in [-0.2, -0.15) is 0 Å². The topological polar surface area (TPSA) is 49.4 Å². The smallest absolute Gasteiger partial charge is 0.242 e. The highest BCUT2D eigenvalue weighted by Gasteiger charge is 2.27. The summed E-state index contributed by atoms with van der Waals surface area (Å²) in [6, 6.07) is 15.1. The van der Waals surface area contributed by atoms with E-state index in [0.29, 0.717) is 5.56 Å². The molecule has 144 valence electrons. The van der Waals surface area contributed by atoms with E-state index in [9.17, 15) is 14.0 Å². The summed E-state index contributed by atoms with van der Waals surface area (Å²) >= 11 is 1.40. The lowest BCUT2D eigenvalue weighted by Crippen LogP contribution is -2.49. The molecule has 0 aliphatic rings. The predicted molar refractivity (Wildman–Crippen MR) is 107 cm³/mol. The van der Waals surface area contributed by atoms with Gasteiger partial charge in [-0.3, -0.25) is 9.59 Å². The number of hydrogen-bond donors (Lipinski definition) is 1. The number of nitrogens with one attached hydrogen (secondary N) is 1. The number of hydrogen-bond acceptors (Lipinski definition) is 3. The Morgan fingerprint density at radius 3 is 2.30 bits per heavy atom. The molecule has 0 bridgehead atoms. The maximum Gasteiger partial charge on any atom is 0.242 e. The summed E-state index contributed by atoms with van der Waals surface area (Å²) in [5, 5.41) is 2.82. The molecule has 0 heterocycles. The summed E-state index contributed by atoms with van der Waals surface area (Å²) in [7, 11) is 0. The van der Waals surface area contributed by atoms with Crippen molar-refractivity contribution in [2.45, 2.75) is 44.3 Å². The van der Waals surface area contributed by atoms with Crippen LogP contribution in [0.2, 0.25) is 0 Å². The summed E-state index contributed by atoms with van der Waals surface area (Å²) in [5.74, 6) is -0.669. The molecule has 2 aromatic carbocycles. The minimum absolute atomic E-state index is 0.0379. The Morgan fingerprint density at radius 2 is 1.67 bits per heavy atom. The van der Waals surface area contributed by atoms with E-state index in [1.165, 1.54) is 22.7 Å². The number of halogens is 1. The second-order valence-corrected chi connectivity index (χ2v) is 7.60. The molecule has 0 aromatic heterocycles. The van der Waals surface area contributed by atoms with E-state index in [0.717, 1.165) is 4.90 Å². The Labute approximate surface area is 164 Å². The van der Waals surface area contributed by atoms with Crippen molar-refractivity contribution >= 4 is 23.6 Å². The van der Waals surface area contributed by atoms with Gasteiger partial charge in [-0.25, -0.2) is 4.39 Å². The van der Waals surface area contributed by atoms with Crippen molar-refractivity contribution in [2.24, 2.45) is 0 Å². The fourth-order valence-corrected chi connectivity index (χ4v) is 3.35. The van der Waals surface area contributed by atoms with Crippen LogP contribution in [-0.2, 0) is 16.1 Å². The van der Waals surface area contributed by atoms with E-state index in [1.54, 1.807) is 25.1 Å². The molecule has 0 aliphatic carbocycles. The maximum atomic E-state index is 14.1. The van der Waals surface area contributed by atoms with Gasteiger partial charge in [0.2, 0.25) is 11.8 Å². The minimum atomic E-state index is -0.698. The molecule has 2 rings (SSSR count). The fourth-order valence-electron chi connectivity index (χ4n) is 2.54. The second kappa shape index (κ2) is 10.1. The van der Waals surface area contributed by atoms with Gasteiger partial charge in [0.15, 0.2) is 0 Å². The number of carbonyl (C=O) groups excluding carboxylic acids is 2. The first-order chi connectivity index (χ1) is 12.9. The molecule has 1 unspecified atom stereocenters. The Bertz CT molecular complexity index is 768. The van der Waals surface area contributed by atoms with Gasteiger partial charge in [-0.1, -0.05) is 36.4 Å².